The number of nitrogens with one attached hydrogen (secondary N) is 2. The van der Waals surface area contributed by atoms with Gasteiger partial charge in [-0.25, -0.2) is 4.79 Å². The molecule has 2 amide bonds. The first kappa shape index (κ1) is 23.5. The molecule has 0 bridgehead atoms. The third-order valence-corrected chi connectivity index (χ3v) is 6.71. The Bertz CT molecular complexity index is 1040. The highest BCUT2D eigenvalue weighted by Gasteiger charge is 2.30. The van der Waals surface area contributed by atoms with Crippen molar-refractivity contribution in [1.29, 1.82) is 0 Å². The zero-order valence-electron chi connectivity index (χ0n) is 19.1. The average Bonchev–Trinajstić information content (AvgIpc) is 3.15. The molecule has 1 saturated carbocycles. The maximum atomic E-state index is 12.6. The van der Waals surface area contributed by atoms with Crippen molar-refractivity contribution in [1.82, 2.24) is 10.6 Å². The van der Waals surface area contributed by atoms with Crippen molar-refractivity contribution in [3.63, 3.8) is 0 Å². The number of hydrogen-bond donors (Lipinski definition) is 3. The molecule has 2 aliphatic rings. The van der Waals surface area contributed by atoms with Crippen LogP contribution >= 0.6 is 0 Å². The zero-order chi connectivity index (χ0) is 24.1. The van der Waals surface area contributed by atoms with Gasteiger partial charge in [-0.3, -0.25) is 9.59 Å². The van der Waals surface area contributed by atoms with Crippen LogP contribution in [-0.4, -0.2) is 42.3 Å². The van der Waals surface area contributed by atoms with Crippen LogP contribution in [0.15, 0.2) is 60.7 Å². The summed E-state index contributed by atoms with van der Waals surface area (Å²) in [6.45, 7) is 4.54. The van der Waals surface area contributed by atoms with Crippen LogP contribution in [0.1, 0.15) is 49.1 Å². The Morgan fingerprint density at radius 1 is 1.00 bits per heavy atom. The second-order valence-corrected chi connectivity index (χ2v) is 9.06. The highest BCUT2D eigenvalue weighted by atomic mass is 16.5. The smallest absolute Gasteiger partial charge is 0.407 e. The molecule has 2 aromatic carbocycles. The second kappa shape index (κ2) is 10.5. The molecule has 178 valence electrons. The van der Waals surface area contributed by atoms with E-state index in [4.69, 9.17) is 4.74 Å². The number of carbonyl (C=O) groups excluding carboxylic acids is 2. The van der Waals surface area contributed by atoms with Gasteiger partial charge in [0.15, 0.2) is 0 Å². The van der Waals surface area contributed by atoms with E-state index in [2.05, 4.69) is 17.2 Å². The van der Waals surface area contributed by atoms with Crippen LogP contribution in [0.3, 0.4) is 0 Å². The van der Waals surface area contributed by atoms with Crippen LogP contribution < -0.4 is 10.6 Å². The molecular weight excluding hydrogens is 432 g/mol. The van der Waals surface area contributed by atoms with Crippen molar-refractivity contribution in [2.24, 2.45) is 5.92 Å². The lowest BCUT2D eigenvalue weighted by Gasteiger charge is -2.24. The summed E-state index contributed by atoms with van der Waals surface area (Å²) in [5.74, 6) is -1.48. The molecule has 0 aliphatic heterocycles. The maximum absolute atomic E-state index is 12.6. The van der Waals surface area contributed by atoms with Gasteiger partial charge in [0.2, 0.25) is 5.91 Å². The number of carboxylic acids is 1. The summed E-state index contributed by atoms with van der Waals surface area (Å²) < 4.78 is 5.48. The molecular formula is C27H30N2O5. The fourth-order valence-corrected chi connectivity index (χ4v) is 4.82. The molecule has 0 spiro atoms. The van der Waals surface area contributed by atoms with Gasteiger partial charge in [0.05, 0.1) is 6.42 Å². The largest absolute Gasteiger partial charge is 0.481 e. The first-order chi connectivity index (χ1) is 16.4. The van der Waals surface area contributed by atoms with Gasteiger partial charge in [-0.1, -0.05) is 60.7 Å². The summed E-state index contributed by atoms with van der Waals surface area (Å²) in [4.78, 5) is 36.5. The van der Waals surface area contributed by atoms with Crippen molar-refractivity contribution < 1.29 is 24.2 Å². The van der Waals surface area contributed by atoms with Crippen molar-refractivity contribution >= 4 is 18.0 Å². The van der Waals surface area contributed by atoms with Gasteiger partial charge in [0.25, 0.3) is 0 Å². The Morgan fingerprint density at radius 2 is 1.59 bits per heavy atom. The van der Waals surface area contributed by atoms with Crippen LogP contribution in [0.5, 0.6) is 0 Å². The van der Waals surface area contributed by atoms with E-state index in [0.717, 1.165) is 47.9 Å². The molecule has 0 saturated heterocycles. The fraction of sp³-hybridized carbons (Fsp3) is 0.370. The minimum absolute atomic E-state index is 0.0905. The molecule has 0 aromatic heterocycles. The van der Waals surface area contributed by atoms with Crippen LogP contribution in [-0.2, 0) is 14.3 Å². The topological polar surface area (TPSA) is 105 Å². The highest BCUT2D eigenvalue weighted by molar-refractivity contribution is 5.89. The van der Waals surface area contributed by atoms with Crippen molar-refractivity contribution in [3.05, 3.63) is 71.8 Å². The van der Waals surface area contributed by atoms with E-state index in [1.54, 1.807) is 0 Å². The van der Waals surface area contributed by atoms with Crippen LogP contribution in [0.25, 0.3) is 11.1 Å². The van der Waals surface area contributed by atoms with Gasteiger partial charge in [0.1, 0.15) is 12.6 Å². The highest BCUT2D eigenvalue weighted by Crippen LogP contribution is 2.44. The molecule has 2 aromatic rings. The number of fused-ring (bicyclic) bond motifs is 3. The average molecular weight is 463 g/mol. The molecule has 1 unspecified atom stereocenters. The number of hydrogen-bond acceptors (Lipinski definition) is 4. The van der Waals surface area contributed by atoms with Gasteiger partial charge in [-0.05, 0) is 53.9 Å². The van der Waals surface area contributed by atoms with E-state index in [-0.39, 0.29) is 12.5 Å². The third-order valence-electron chi connectivity index (χ3n) is 6.71. The number of carbonyl (C=O) groups is 3. The Morgan fingerprint density at radius 3 is 2.18 bits per heavy atom. The summed E-state index contributed by atoms with van der Waals surface area (Å²) in [6.07, 6.45) is 2.45. The maximum Gasteiger partial charge on any atom is 0.407 e. The molecule has 4 rings (SSSR count). The van der Waals surface area contributed by atoms with Crippen molar-refractivity contribution in [2.45, 2.75) is 44.1 Å². The first-order valence-corrected chi connectivity index (χ1v) is 11.7. The predicted molar refractivity (Wildman–Crippen MR) is 128 cm³/mol. The minimum Gasteiger partial charge on any atom is -0.481 e. The zero-order valence-corrected chi connectivity index (χ0v) is 19.1. The molecule has 7 heteroatoms. The van der Waals surface area contributed by atoms with E-state index in [1.807, 2.05) is 48.5 Å². The molecule has 34 heavy (non-hydrogen) atoms. The van der Waals surface area contributed by atoms with E-state index in [9.17, 15) is 19.5 Å². The lowest BCUT2D eigenvalue weighted by atomic mass is 9.86. The van der Waals surface area contributed by atoms with E-state index >= 15 is 0 Å². The predicted octanol–water partition coefficient (Wildman–Crippen LogP) is 4.23. The number of rotatable bonds is 8. The lowest BCUT2D eigenvalue weighted by Crippen LogP contribution is -2.49. The SMILES string of the molecule is C=C1CCC(CNC(=O)C(CC(=O)O)NC(=O)OCC2c3ccccc3-c3ccccc32)CC1. The molecule has 7 nitrogen and oxygen atoms in total. The molecule has 0 heterocycles. The van der Waals surface area contributed by atoms with Crippen LogP contribution in [0.2, 0.25) is 0 Å². The van der Waals surface area contributed by atoms with Gasteiger partial charge < -0.3 is 20.5 Å². The summed E-state index contributed by atoms with van der Waals surface area (Å²) in [7, 11) is 0. The van der Waals surface area contributed by atoms with Crippen LogP contribution in [0, 0.1) is 5.92 Å². The van der Waals surface area contributed by atoms with E-state index < -0.39 is 30.4 Å². The monoisotopic (exact) mass is 462 g/mol. The Hall–Kier alpha value is -3.61. The van der Waals surface area contributed by atoms with Gasteiger partial charge in [0, 0.05) is 12.5 Å². The number of alkyl carbamates (subject to hydrolysis) is 1. The molecule has 3 N–H and O–H groups in total. The standard InChI is InChI=1S/C27H30N2O5/c1-17-10-12-18(13-11-17)15-28-26(32)24(14-25(30)31)29-27(33)34-16-23-21-8-4-2-6-19(21)20-7-3-5-9-22(20)23/h2-9,18,23-24H,1,10-16H2,(H,28,32)(H,29,33)(H,30,31). The number of benzene rings is 2. The Balaban J connectivity index is 1.34. The quantitative estimate of drug-likeness (QED) is 0.509. The lowest BCUT2D eigenvalue weighted by molar-refractivity contribution is -0.139. The summed E-state index contributed by atoms with van der Waals surface area (Å²) >= 11 is 0. The number of ether oxygens (including phenoxy) is 1. The summed E-state index contributed by atoms with van der Waals surface area (Å²) in [6, 6.07) is 14.8. The molecule has 1 fully saturated rings. The number of amides is 2. The summed E-state index contributed by atoms with van der Waals surface area (Å²) in [5.41, 5.74) is 5.60. The van der Waals surface area contributed by atoms with Crippen molar-refractivity contribution in [3.8, 4) is 11.1 Å². The molecule has 0 radical (unpaired) electrons. The minimum atomic E-state index is -1.20. The third kappa shape index (κ3) is 5.47. The van der Waals surface area contributed by atoms with E-state index in [0.29, 0.717) is 12.5 Å². The number of carboxylic acid groups (broad SMARTS) is 1. The number of allylic oxidation sites excluding steroid dienone is 1. The Kier molecular flexibility index (Phi) is 7.30. The Labute approximate surface area is 199 Å². The molecule has 1 atom stereocenters. The van der Waals surface area contributed by atoms with Gasteiger partial charge in [-0.15, -0.1) is 0 Å². The van der Waals surface area contributed by atoms with Crippen molar-refractivity contribution in [2.75, 3.05) is 13.2 Å². The van der Waals surface area contributed by atoms with Gasteiger partial charge in [-0.2, -0.15) is 0 Å². The van der Waals surface area contributed by atoms with Crippen LogP contribution in [0.4, 0.5) is 4.79 Å². The number of aliphatic carboxylic acids is 1. The van der Waals surface area contributed by atoms with Gasteiger partial charge >= 0.3 is 12.1 Å². The first-order valence-electron chi connectivity index (χ1n) is 11.7. The molecule has 2 aliphatic carbocycles. The normalized spacial score (nSPS) is 16.3. The summed E-state index contributed by atoms with van der Waals surface area (Å²) in [5, 5.41) is 14.5. The fourth-order valence-electron chi connectivity index (χ4n) is 4.82. The van der Waals surface area contributed by atoms with E-state index in [1.165, 1.54) is 5.57 Å². The second-order valence-electron chi connectivity index (χ2n) is 9.06.